The lowest BCUT2D eigenvalue weighted by Gasteiger charge is -2.12. The average molecular weight is 227 g/mol. The first-order valence-corrected chi connectivity index (χ1v) is 6.04. The number of benzene rings is 1. The zero-order valence-electron chi connectivity index (χ0n) is 9.32. The summed E-state index contributed by atoms with van der Waals surface area (Å²) < 4.78 is 15.8. The van der Waals surface area contributed by atoms with Gasteiger partial charge >= 0.3 is 0 Å². The highest BCUT2D eigenvalue weighted by molar-refractivity contribution is 7.80. The van der Waals surface area contributed by atoms with Crippen LogP contribution in [-0.2, 0) is 15.3 Å². The van der Waals surface area contributed by atoms with Crippen LogP contribution in [-0.4, -0.2) is 17.1 Å². The highest BCUT2D eigenvalue weighted by Gasteiger charge is 2.10. The van der Waals surface area contributed by atoms with Crippen LogP contribution < -0.4 is 5.73 Å². The van der Waals surface area contributed by atoms with Crippen molar-refractivity contribution in [3.8, 4) is 0 Å². The summed E-state index contributed by atoms with van der Waals surface area (Å²) in [4.78, 5) is 0. The molecule has 0 spiro atoms. The Bertz CT molecular complexity index is 366. The molecule has 84 valence electrons. The van der Waals surface area contributed by atoms with Crippen molar-refractivity contribution in [2.24, 2.45) is 5.73 Å². The van der Waals surface area contributed by atoms with Gasteiger partial charge in [-0.2, -0.15) is 0 Å². The molecule has 0 aliphatic carbocycles. The maximum absolute atomic E-state index is 11.2. The molecule has 2 N–H and O–H groups in total. The fraction of sp³-hybridized carbons (Fsp3) is 0.455. The Hall–Kier alpha value is -0.710. The van der Waals surface area contributed by atoms with E-state index in [0.29, 0.717) is 5.75 Å². The Morgan fingerprint density at radius 2 is 2.07 bits per heavy atom. The van der Waals surface area contributed by atoms with Crippen LogP contribution >= 0.6 is 0 Å². The second-order valence-electron chi connectivity index (χ2n) is 3.59. The molecule has 1 rings (SSSR count). The maximum atomic E-state index is 11.2. The van der Waals surface area contributed by atoms with Gasteiger partial charge in [-0.05, 0) is 30.5 Å². The van der Waals surface area contributed by atoms with Crippen molar-refractivity contribution in [2.45, 2.75) is 19.9 Å². The van der Waals surface area contributed by atoms with Crippen molar-refractivity contribution in [3.05, 3.63) is 34.9 Å². The van der Waals surface area contributed by atoms with E-state index in [1.54, 1.807) is 0 Å². The highest BCUT2D eigenvalue weighted by Crippen LogP contribution is 2.16. The fourth-order valence-corrected chi connectivity index (χ4v) is 1.93. The topological polar surface area (TPSA) is 52.3 Å². The van der Waals surface area contributed by atoms with Crippen LogP contribution in [0.25, 0.3) is 0 Å². The molecule has 0 saturated heterocycles. The molecular formula is C11H17NO2S. The van der Waals surface area contributed by atoms with Gasteiger partial charge in [0.2, 0.25) is 0 Å². The first-order chi connectivity index (χ1) is 7.04. The lowest BCUT2D eigenvalue weighted by Crippen LogP contribution is -2.19. The summed E-state index contributed by atoms with van der Waals surface area (Å²) in [7, 11) is 1.42. The third-order valence-electron chi connectivity index (χ3n) is 2.46. The highest BCUT2D eigenvalue weighted by atomic mass is 32.2. The third kappa shape index (κ3) is 3.41. The number of hydrogen-bond acceptors (Lipinski definition) is 3. The van der Waals surface area contributed by atoms with Crippen LogP contribution in [0.1, 0.15) is 22.7 Å². The Labute approximate surface area is 93.3 Å². The standard InChI is InChI=1S/C11H17NO2S/c1-8-4-5-10(6-9(8)2)11(12)7-15(13)14-3/h4-6,11H,7,12H2,1-3H3. The molecule has 0 amide bonds. The smallest absolute Gasteiger partial charge is 0.157 e. The largest absolute Gasteiger partial charge is 0.323 e. The van der Waals surface area contributed by atoms with Gasteiger partial charge in [0.1, 0.15) is 0 Å². The summed E-state index contributed by atoms with van der Waals surface area (Å²) in [6.07, 6.45) is 0. The number of nitrogens with two attached hydrogens (primary N) is 1. The van der Waals surface area contributed by atoms with E-state index < -0.39 is 11.1 Å². The predicted molar refractivity (Wildman–Crippen MR) is 62.9 cm³/mol. The molecule has 0 radical (unpaired) electrons. The van der Waals surface area contributed by atoms with E-state index in [1.165, 1.54) is 18.2 Å². The molecule has 15 heavy (non-hydrogen) atoms. The summed E-state index contributed by atoms with van der Waals surface area (Å²) in [6.45, 7) is 4.09. The van der Waals surface area contributed by atoms with Gasteiger partial charge in [-0.3, -0.25) is 4.18 Å². The van der Waals surface area contributed by atoms with Gasteiger partial charge in [0, 0.05) is 6.04 Å². The molecule has 0 saturated carbocycles. The van der Waals surface area contributed by atoms with Crippen molar-refractivity contribution in [1.29, 1.82) is 0 Å². The molecule has 0 bridgehead atoms. The van der Waals surface area contributed by atoms with E-state index in [0.717, 1.165) is 5.56 Å². The molecule has 0 aromatic heterocycles. The molecule has 2 unspecified atom stereocenters. The second kappa shape index (κ2) is 5.39. The van der Waals surface area contributed by atoms with E-state index in [-0.39, 0.29) is 6.04 Å². The minimum Gasteiger partial charge on any atom is -0.323 e. The van der Waals surface area contributed by atoms with Crippen LogP contribution in [0.2, 0.25) is 0 Å². The zero-order valence-corrected chi connectivity index (χ0v) is 10.1. The van der Waals surface area contributed by atoms with Gasteiger partial charge < -0.3 is 5.73 Å². The van der Waals surface area contributed by atoms with Gasteiger partial charge in [-0.15, -0.1) is 0 Å². The van der Waals surface area contributed by atoms with E-state index >= 15 is 0 Å². The van der Waals surface area contributed by atoms with Crippen molar-refractivity contribution >= 4 is 11.1 Å². The summed E-state index contributed by atoms with van der Waals surface area (Å²) in [5, 5.41) is 0. The molecule has 2 atom stereocenters. The molecular weight excluding hydrogens is 210 g/mol. The van der Waals surface area contributed by atoms with Crippen LogP contribution in [0.15, 0.2) is 18.2 Å². The van der Waals surface area contributed by atoms with Crippen molar-refractivity contribution in [3.63, 3.8) is 0 Å². The summed E-state index contributed by atoms with van der Waals surface area (Å²) in [5.41, 5.74) is 9.36. The third-order valence-corrected chi connectivity index (χ3v) is 3.46. The molecule has 0 fully saturated rings. The zero-order chi connectivity index (χ0) is 11.4. The van der Waals surface area contributed by atoms with E-state index in [9.17, 15) is 4.21 Å². The van der Waals surface area contributed by atoms with Gasteiger partial charge in [0.25, 0.3) is 0 Å². The molecule has 1 aromatic rings. The SMILES string of the molecule is COS(=O)CC(N)c1ccc(C)c(C)c1. The van der Waals surface area contributed by atoms with E-state index in [2.05, 4.69) is 11.1 Å². The first-order valence-electron chi connectivity index (χ1n) is 4.80. The summed E-state index contributed by atoms with van der Waals surface area (Å²) >= 11 is -1.29. The Morgan fingerprint density at radius 1 is 1.40 bits per heavy atom. The summed E-state index contributed by atoms with van der Waals surface area (Å²) in [5.74, 6) is 0.332. The van der Waals surface area contributed by atoms with Gasteiger partial charge in [0.15, 0.2) is 11.1 Å². The van der Waals surface area contributed by atoms with Gasteiger partial charge in [-0.25, -0.2) is 4.21 Å². The average Bonchev–Trinajstić information content (AvgIpc) is 2.21. The lowest BCUT2D eigenvalue weighted by molar-refractivity contribution is 0.443. The quantitative estimate of drug-likeness (QED) is 0.850. The molecule has 4 heteroatoms. The minimum absolute atomic E-state index is 0.231. The normalized spacial score (nSPS) is 14.9. The predicted octanol–water partition coefficient (Wildman–Crippen LogP) is 1.61. The van der Waals surface area contributed by atoms with Crippen LogP contribution in [0.4, 0.5) is 0 Å². The lowest BCUT2D eigenvalue weighted by atomic mass is 10.0. The number of rotatable bonds is 4. The van der Waals surface area contributed by atoms with E-state index in [4.69, 9.17) is 5.73 Å². The fourth-order valence-electron chi connectivity index (χ4n) is 1.31. The van der Waals surface area contributed by atoms with Crippen LogP contribution in [0.5, 0.6) is 0 Å². The van der Waals surface area contributed by atoms with Crippen LogP contribution in [0, 0.1) is 13.8 Å². The van der Waals surface area contributed by atoms with Crippen molar-refractivity contribution in [1.82, 2.24) is 0 Å². The Morgan fingerprint density at radius 3 is 2.60 bits per heavy atom. The molecule has 0 heterocycles. The van der Waals surface area contributed by atoms with Gasteiger partial charge in [-0.1, -0.05) is 18.2 Å². The number of hydrogen-bond donors (Lipinski definition) is 1. The number of aryl methyl sites for hydroxylation is 2. The van der Waals surface area contributed by atoms with Crippen molar-refractivity contribution < 1.29 is 8.39 Å². The van der Waals surface area contributed by atoms with Gasteiger partial charge in [0.05, 0.1) is 12.9 Å². The molecule has 3 nitrogen and oxygen atoms in total. The van der Waals surface area contributed by atoms with Crippen molar-refractivity contribution in [2.75, 3.05) is 12.9 Å². The second-order valence-corrected chi connectivity index (χ2v) is 4.86. The molecule has 0 aliphatic heterocycles. The Balaban J connectivity index is 2.78. The molecule has 0 aliphatic rings. The molecule has 1 aromatic carbocycles. The summed E-state index contributed by atoms with van der Waals surface area (Å²) in [6, 6.07) is 5.80. The van der Waals surface area contributed by atoms with E-state index in [1.807, 2.05) is 25.1 Å². The van der Waals surface area contributed by atoms with Crippen LogP contribution in [0.3, 0.4) is 0 Å². The maximum Gasteiger partial charge on any atom is 0.157 e. The minimum atomic E-state index is -1.29. The monoisotopic (exact) mass is 227 g/mol. The first kappa shape index (κ1) is 12.4. The Kier molecular flexibility index (Phi) is 4.45.